The average Bonchev–Trinajstić information content (AvgIpc) is 3.10. The predicted molar refractivity (Wildman–Crippen MR) is 97.4 cm³/mol. The maximum Gasteiger partial charge on any atom is 0.273 e. The largest absolute Gasteiger partial charge is 0.334 e. The van der Waals surface area contributed by atoms with E-state index in [0.717, 1.165) is 30.3 Å². The van der Waals surface area contributed by atoms with Crippen molar-refractivity contribution in [1.82, 2.24) is 9.88 Å². The van der Waals surface area contributed by atoms with Crippen LogP contribution in [0.25, 0.3) is 0 Å². The van der Waals surface area contributed by atoms with Gasteiger partial charge in [0.05, 0.1) is 5.01 Å². The predicted octanol–water partition coefficient (Wildman–Crippen LogP) is 4.53. The van der Waals surface area contributed by atoms with Crippen molar-refractivity contribution in [3.63, 3.8) is 0 Å². The third-order valence-corrected chi connectivity index (χ3v) is 6.32. The molecule has 1 aliphatic heterocycles. The van der Waals surface area contributed by atoms with E-state index in [4.69, 9.17) is 0 Å². The van der Waals surface area contributed by atoms with E-state index in [-0.39, 0.29) is 5.91 Å². The SMILES string of the molecule is O=C(c1csc(Cc2ccccc2)n1)N1CCC[C@H]2CCCC[C@@H]21. The molecule has 1 saturated heterocycles. The minimum Gasteiger partial charge on any atom is -0.334 e. The van der Waals surface area contributed by atoms with E-state index in [1.54, 1.807) is 11.3 Å². The molecule has 4 heteroatoms. The summed E-state index contributed by atoms with van der Waals surface area (Å²) in [4.78, 5) is 19.8. The fourth-order valence-corrected chi connectivity index (χ4v) is 5.09. The van der Waals surface area contributed by atoms with Crippen LogP contribution in [0.3, 0.4) is 0 Å². The zero-order valence-electron chi connectivity index (χ0n) is 14.0. The summed E-state index contributed by atoms with van der Waals surface area (Å²) in [6, 6.07) is 10.8. The average molecular weight is 340 g/mol. The smallest absolute Gasteiger partial charge is 0.273 e. The lowest BCUT2D eigenvalue weighted by Gasteiger charge is -2.43. The Hall–Kier alpha value is -1.68. The van der Waals surface area contributed by atoms with Gasteiger partial charge in [0.25, 0.3) is 5.91 Å². The Morgan fingerprint density at radius 2 is 1.92 bits per heavy atom. The zero-order chi connectivity index (χ0) is 16.4. The number of hydrogen-bond acceptors (Lipinski definition) is 3. The molecule has 1 amide bonds. The second-order valence-corrected chi connectivity index (χ2v) is 7.98. The first-order chi connectivity index (χ1) is 11.8. The van der Waals surface area contributed by atoms with Crippen molar-refractivity contribution >= 4 is 17.2 Å². The van der Waals surface area contributed by atoms with E-state index in [9.17, 15) is 4.79 Å². The van der Waals surface area contributed by atoms with Crippen LogP contribution in [0.1, 0.15) is 59.6 Å². The third-order valence-electron chi connectivity index (χ3n) is 5.47. The van der Waals surface area contributed by atoms with Gasteiger partial charge in [0.1, 0.15) is 5.69 Å². The second kappa shape index (κ2) is 7.06. The Bertz CT molecular complexity index is 695. The Kier molecular flexibility index (Phi) is 4.65. The monoisotopic (exact) mass is 340 g/mol. The maximum absolute atomic E-state index is 13.0. The number of amides is 1. The Morgan fingerprint density at radius 1 is 1.12 bits per heavy atom. The summed E-state index contributed by atoms with van der Waals surface area (Å²) in [6.45, 7) is 0.908. The number of carbonyl (C=O) groups is 1. The number of thiazole rings is 1. The number of carbonyl (C=O) groups excluding carboxylic acids is 1. The van der Waals surface area contributed by atoms with Gasteiger partial charge in [0, 0.05) is 24.4 Å². The topological polar surface area (TPSA) is 33.2 Å². The van der Waals surface area contributed by atoms with Gasteiger partial charge < -0.3 is 4.90 Å². The molecule has 1 saturated carbocycles. The maximum atomic E-state index is 13.0. The standard InChI is InChI=1S/C20H24N2OS/c23-20(22-12-6-10-16-9-4-5-11-18(16)22)17-14-24-19(21-17)13-15-7-2-1-3-8-15/h1-3,7-8,14,16,18H,4-6,9-13H2/t16-,18+/m1/s1. The summed E-state index contributed by atoms with van der Waals surface area (Å²) in [5.41, 5.74) is 1.90. The van der Waals surface area contributed by atoms with Gasteiger partial charge in [-0.3, -0.25) is 4.79 Å². The summed E-state index contributed by atoms with van der Waals surface area (Å²) in [5.74, 6) is 0.876. The molecule has 0 unspecified atom stereocenters. The van der Waals surface area contributed by atoms with E-state index in [2.05, 4.69) is 22.0 Å². The van der Waals surface area contributed by atoms with Crippen molar-refractivity contribution in [2.24, 2.45) is 5.92 Å². The van der Waals surface area contributed by atoms with Crippen molar-refractivity contribution in [2.45, 2.75) is 51.0 Å². The summed E-state index contributed by atoms with van der Waals surface area (Å²) >= 11 is 1.61. The molecule has 0 spiro atoms. The van der Waals surface area contributed by atoms with Gasteiger partial charge in [-0.15, -0.1) is 11.3 Å². The molecule has 1 aromatic heterocycles. The molecule has 2 aliphatic rings. The van der Waals surface area contributed by atoms with Gasteiger partial charge in [0.2, 0.25) is 0 Å². The van der Waals surface area contributed by atoms with E-state index < -0.39 is 0 Å². The van der Waals surface area contributed by atoms with Crippen LogP contribution in [0.4, 0.5) is 0 Å². The zero-order valence-corrected chi connectivity index (χ0v) is 14.8. The highest BCUT2D eigenvalue weighted by atomic mass is 32.1. The Labute approximate surface area is 147 Å². The Balaban J connectivity index is 1.48. The van der Waals surface area contributed by atoms with Crippen molar-refractivity contribution in [2.75, 3.05) is 6.54 Å². The number of fused-ring (bicyclic) bond motifs is 1. The van der Waals surface area contributed by atoms with Crippen LogP contribution in [-0.4, -0.2) is 28.4 Å². The molecule has 126 valence electrons. The van der Waals surface area contributed by atoms with Gasteiger partial charge in [-0.2, -0.15) is 0 Å². The van der Waals surface area contributed by atoms with E-state index in [1.807, 2.05) is 23.6 Å². The molecule has 4 rings (SSSR count). The van der Waals surface area contributed by atoms with Gasteiger partial charge in [-0.25, -0.2) is 4.98 Å². The number of hydrogen-bond donors (Lipinski definition) is 0. The summed E-state index contributed by atoms with van der Waals surface area (Å²) < 4.78 is 0. The van der Waals surface area contributed by atoms with Crippen molar-refractivity contribution in [3.05, 3.63) is 52.0 Å². The molecular formula is C20H24N2OS. The number of benzene rings is 1. The first-order valence-electron chi connectivity index (χ1n) is 9.10. The number of aromatic nitrogens is 1. The lowest BCUT2D eigenvalue weighted by atomic mass is 9.78. The van der Waals surface area contributed by atoms with Crippen molar-refractivity contribution < 1.29 is 4.79 Å². The highest BCUT2D eigenvalue weighted by Gasteiger charge is 2.36. The lowest BCUT2D eigenvalue weighted by molar-refractivity contribution is 0.0386. The summed E-state index contributed by atoms with van der Waals surface area (Å²) in [6.07, 6.45) is 8.33. The highest BCUT2D eigenvalue weighted by molar-refractivity contribution is 7.09. The molecule has 24 heavy (non-hydrogen) atoms. The van der Waals surface area contributed by atoms with Crippen molar-refractivity contribution in [3.8, 4) is 0 Å². The molecule has 0 bridgehead atoms. The normalized spacial score (nSPS) is 23.8. The van der Waals surface area contributed by atoms with Gasteiger partial charge in [0.15, 0.2) is 0 Å². The molecule has 2 heterocycles. The molecule has 1 aromatic carbocycles. The minimum atomic E-state index is 0.155. The lowest BCUT2D eigenvalue weighted by Crippen LogP contribution is -2.49. The minimum absolute atomic E-state index is 0.155. The highest BCUT2D eigenvalue weighted by Crippen LogP contribution is 2.36. The fraction of sp³-hybridized carbons (Fsp3) is 0.500. The van der Waals surface area contributed by atoms with E-state index >= 15 is 0 Å². The van der Waals surface area contributed by atoms with Crippen LogP contribution in [0, 0.1) is 5.92 Å². The van der Waals surface area contributed by atoms with Crippen LogP contribution in [-0.2, 0) is 6.42 Å². The quantitative estimate of drug-likeness (QED) is 0.822. The summed E-state index contributed by atoms with van der Waals surface area (Å²) in [7, 11) is 0. The van der Waals surface area contributed by atoms with Crippen LogP contribution in [0.15, 0.2) is 35.7 Å². The molecule has 3 nitrogen and oxygen atoms in total. The number of likely N-dealkylation sites (tertiary alicyclic amines) is 1. The molecule has 2 aromatic rings. The van der Waals surface area contributed by atoms with E-state index in [1.165, 1.54) is 37.7 Å². The first kappa shape index (κ1) is 15.8. The molecule has 2 fully saturated rings. The number of piperidine rings is 1. The summed E-state index contributed by atoms with van der Waals surface area (Å²) in [5, 5.41) is 2.98. The van der Waals surface area contributed by atoms with E-state index in [0.29, 0.717) is 11.7 Å². The second-order valence-electron chi connectivity index (χ2n) is 7.04. The van der Waals surface area contributed by atoms with Crippen molar-refractivity contribution in [1.29, 1.82) is 0 Å². The van der Waals surface area contributed by atoms with Gasteiger partial charge in [-0.1, -0.05) is 43.2 Å². The van der Waals surface area contributed by atoms with Gasteiger partial charge >= 0.3 is 0 Å². The van der Waals surface area contributed by atoms with Gasteiger partial charge in [-0.05, 0) is 37.2 Å². The molecular weight excluding hydrogens is 316 g/mol. The van der Waals surface area contributed by atoms with Crippen LogP contribution in [0.5, 0.6) is 0 Å². The molecule has 1 aliphatic carbocycles. The Morgan fingerprint density at radius 3 is 2.79 bits per heavy atom. The number of rotatable bonds is 3. The third kappa shape index (κ3) is 3.25. The fourth-order valence-electron chi connectivity index (χ4n) is 4.28. The van der Waals surface area contributed by atoms with Crippen LogP contribution >= 0.6 is 11.3 Å². The van der Waals surface area contributed by atoms with Crippen LogP contribution in [0.2, 0.25) is 0 Å². The molecule has 0 radical (unpaired) electrons. The molecule has 0 N–H and O–H groups in total. The molecule has 2 atom stereocenters. The van der Waals surface area contributed by atoms with Crippen LogP contribution < -0.4 is 0 Å². The number of nitrogens with zero attached hydrogens (tertiary/aromatic N) is 2. The first-order valence-corrected chi connectivity index (χ1v) is 9.98.